The maximum atomic E-state index is 5.06. The number of nitrogens with one attached hydrogen (secondary N) is 1. The number of hydrogen-bond donors (Lipinski definition) is 1. The molecule has 0 bridgehead atoms. The highest BCUT2D eigenvalue weighted by atomic mass is 16.5. The van der Waals surface area contributed by atoms with E-state index in [0.29, 0.717) is 6.54 Å². The van der Waals surface area contributed by atoms with Crippen molar-refractivity contribution in [2.24, 2.45) is 0 Å². The average molecular weight is 207 g/mol. The minimum atomic E-state index is 0.657. The van der Waals surface area contributed by atoms with Crippen molar-refractivity contribution in [1.82, 2.24) is 15.6 Å². The van der Waals surface area contributed by atoms with E-state index in [0.717, 1.165) is 29.3 Å². The summed E-state index contributed by atoms with van der Waals surface area (Å²) < 4.78 is 10.0. The zero-order valence-electron chi connectivity index (χ0n) is 8.78. The van der Waals surface area contributed by atoms with Crippen LogP contribution in [0.2, 0.25) is 0 Å². The molecule has 0 aliphatic rings. The number of rotatable bonds is 4. The van der Waals surface area contributed by atoms with Crippen molar-refractivity contribution in [3.8, 4) is 0 Å². The van der Waals surface area contributed by atoms with Crippen LogP contribution in [0.15, 0.2) is 21.3 Å². The Bertz CT molecular complexity index is 400. The van der Waals surface area contributed by atoms with E-state index in [9.17, 15) is 0 Å². The Morgan fingerprint density at radius 1 is 1.27 bits per heavy atom. The first-order chi connectivity index (χ1) is 7.27. The lowest BCUT2D eigenvalue weighted by Gasteiger charge is -2.00. The Kier molecular flexibility index (Phi) is 2.82. The first-order valence-electron chi connectivity index (χ1n) is 4.79. The normalized spacial score (nSPS) is 10.8. The lowest BCUT2D eigenvalue weighted by Crippen LogP contribution is -2.13. The van der Waals surface area contributed by atoms with Gasteiger partial charge in [0.1, 0.15) is 11.5 Å². The molecule has 2 heterocycles. The molecule has 0 aliphatic heterocycles. The van der Waals surface area contributed by atoms with Gasteiger partial charge in [0.25, 0.3) is 0 Å². The fourth-order valence-corrected chi connectivity index (χ4v) is 1.40. The smallest absolute Gasteiger partial charge is 0.150 e. The molecule has 0 spiro atoms. The lowest BCUT2D eigenvalue weighted by molar-refractivity contribution is 0.372. The van der Waals surface area contributed by atoms with Crippen LogP contribution >= 0.6 is 0 Å². The van der Waals surface area contributed by atoms with Gasteiger partial charge in [-0.05, 0) is 13.8 Å². The zero-order valence-corrected chi connectivity index (χ0v) is 8.78. The van der Waals surface area contributed by atoms with E-state index in [2.05, 4.69) is 15.6 Å². The standard InChI is InChI=1S/C10H13N3O2/c1-7-10(8(2)14-13-7)6-11-5-9-3-4-12-15-9/h3-4,11H,5-6H2,1-2H3. The summed E-state index contributed by atoms with van der Waals surface area (Å²) in [5.74, 6) is 1.68. The van der Waals surface area contributed by atoms with Gasteiger partial charge in [-0.1, -0.05) is 10.3 Å². The zero-order chi connectivity index (χ0) is 10.7. The molecule has 0 aromatic carbocycles. The number of aromatic nitrogens is 2. The largest absolute Gasteiger partial charge is 0.361 e. The molecule has 15 heavy (non-hydrogen) atoms. The molecule has 0 unspecified atom stereocenters. The Balaban J connectivity index is 1.89. The first kappa shape index (κ1) is 9.92. The van der Waals surface area contributed by atoms with E-state index < -0.39 is 0 Å². The first-order valence-corrected chi connectivity index (χ1v) is 4.79. The molecule has 2 aromatic heterocycles. The van der Waals surface area contributed by atoms with E-state index in [1.54, 1.807) is 6.20 Å². The molecule has 0 radical (unpaired) electrons. The summed E-state index contributed by atoms with van der Waals surface area (Å²) in [6.07, 6.45) is 1.63. The highest BCUT2D eigenvalue weighted by Crippen LogP contribution is 2.11. The predicted molar refractivity (Wildman–Crippen MR) is 53.0 cm³/mol. The van der Waals surface area contributed by atoms with Crippen LogP contribution in [0, 0.1) is 13.8 Å². The maximum absolute atomic E-state index is 5.06. The molecule has 5 heteroatoms. The topological polar surface area (TPSA) is 64.1 Å². The van der Waals surface area contributed by atoms with Gasteiger partial charge in [-0.3, -0.25) is 0 Å². The summed E-state index contributed by atoms with van der Waals surface area (Å²) >= 11 is 0. The van der Waals surface area contributed by atoms with Crippen molar-refractivity contribution < 1.29 is 9.05 Å². The van der Waals surface area contributed by atoms with Gasteiger partial charge in [-0.2, -0.15) is 0 Å². The Morgan fingerprint density at radius 3 is 2.73 bits per heavy atom. The third kappa shape index (κ3) is 2.24. The summed E-state index contributed by atoms with van der Waals surface area (Å²) in [7, 11) is 0. The van der Waals surface area contributed by atoms with E-state index in [1.165, 1.54) is 0 Å². The van der Waals surface area contributed by atoms with Crippen molar-refractivity contribution in [3.63, 3.8) is 0 Å². The Labute approximate surface area is 87.4 Å². The molecule has 0 fully saturated rings. The second kappa shape index (κ2) is 4.27. The quantitative estimate of drug-likeness (QED) is 0.824. The molecular formula is C10H13N3O2. The van der Waals surface area contributed by atoms with E-state index in [1.807, 2.05) is 19.9 Å². The fraction of sp³-hybridized carbons (Fsp3) is 0.400. The second-order valence-electron chi connectivity index (χ2n) is 3.39. The average Bonchev–Trinajstić information content (AvgIpc) is 2.82. The number of nitrogens with zero attached hydrogens (tertiary/aromatic N) is 2. The number of hydrogen-bond acceptors (Lipinski definition) is 5. The molecule has 0 saturated carbocycles. The van der Waals surface area contributed by atoms with Crippen LogP contribution in [0.1, 0.15) is 22.8 Å². The van der Waals surface area contributed by atoms with Gasteiger partial charge in [0.2, 0.25) is 0 Å². The maximum Gasteiger partial charge on any atom is 0.150 e. The molecule has 80 valence electrons. The van der Waals surface area contributed by atoms with Crippen molar-refractivity contribution in [2.45, 2.75) is 26.9 Å². The van der Waals surface area contributed by atoms with Gasteiger partial charge in [-0.25, -0.2) is 0 Å². The monoisotopic (exact) mass is 207 g/mol. The van der Waals surface area contributed by atoms with Gasteiger partial charge < -0.3 is 14.4 Å². The van der Waals surface area contributed by atoms with Crippen LogP contribution in [0.4, 0.5) is 0 Å². The van der Waals surface area contributed by atoms with Crippen LogP contribution in [0.3, 0.4) is 0 Å². The molecule has 0 aliphatic carbocycles. The second-order valence-corrected chi connectivity index (χ2v) is 3.39. The van der Waals surface area contributed by atoms with Crippen LogP contribution in [0.25, 0.3) is 0 Å². The van der Waals surface area contributed by atoms with Crippen molar-refractivity contribution in [1.29, 1.82) is 0 Å². The van der Waals surface area contributed by atoms with Crippen LogP contribution < -0.4 is 5.32 Å². The van der Waals surface area contributed by atoms with Crippen molar-refractivity contribution >= 4 is 0 Å². The predicted octanol–water partition coefficient (Wildman–Crippen LogP) is 1.57. The summed E-state index contributed by atoms with van der Waals surface area (Å²) in [6, 6.07) is 1.83. The van der Waals surface area contributed by atoms with Gasteiger partial charge in [0, 0.05) is 18.2 Å². The van der Waals surface area contributed by atoms with Crippen LogP contribution in [-0.2, 0) is 13.1 Å². The Morgan fingerprint density at radius 2 is 2.13 bits per heavy atom. The van der Waals surface area contributed by atoms with Gasteiger partial charge >= 0.3 is 0 Å². The van der Waals surface area contributed by atoms with Gasteiger partial charge in [0.15, 0.2) is 0 Å². The SMILES string of the molecule is Cc1noc(C)c1CNCc1ccno1. The lowest BCUT2D eigenvalue weighted by atomic mass is 10.2. The molecule has 2 aromatic rings. The van der Waals surface area contributed by atoms with Crippen molar-refractivity contribution in [3.05, 3.63) is 35.0 Å². The van der Waals surface area contributed by atoms with E-state index in [4.69, 9.17) is 9.05 Å². The highest BCUT2D eigenvalue weighted by Gasteiger charge is 2.08. The fourth-order valence-electron chi connectivity index (χ4n) is 1.40. The summed E-state index contributed by atoms with van der Waals surface area (Å²) in [5.41, 5.74) is 2.03. The van der Waals surface area contributed by atoms with Crippen molar-refractivity contribution in [2.75, 3.05) is 0 Å². The highest BCUT2D eigenvalue weighted by molar-refractivity contribution is 5.20. The third-order valence-electron chi connectivity index (χ3n) is 2.27. The van der Waals surface area contributed by atoms with E-state index in [-0.39, 0.29) is 0 Å². The molecule has 0 saturated heterocycles. The minimum absolute atomic E-state index is 0.657. The third-order valence-corrected chi connectivity index (χ3v) is 2.27. The number of aryl methyl sites for hydroxylation is 2. The molecule has 1 N–H and O–H groups in total. The summed E-state index contributed by atoms with van der Waals surface area (Å²) in [6.45, 7) is 5.22. The molecule has 5 nitrogen and oxygen atoms in total. The summed E-state index contributed by atoms with van der Waals surface area (Å²) in [5, 5.41) is 10.7. The minimum Gasteiger partial charge on any atom is -0.361 e. The van der Waals surface area contributed by atoms with E-state index >= 15 is 0 Å². The Hall–Kier alpha value is -1.62. The van der Waals surface area contributed by atoms with Gasteiger partial charge in [-0.15, -0.1) is 0 Å². The molecule has 0 atom stereocenters. The summed E-state index contributed by atoms with van der Waals surface area (Å²) in [4.78, 5) is 0. The van der Waals surface area contributed by atoms with Crippen LogP contribution in [0.5, 0.6) is 0 Å². The molecular weight excluding hydrogens is 194 g/mol. The molecule has 0 amide bonds. The molecule has 2 rings (SSSR count). The van der Waals surface area contributed by atoms with Gasteiger partial charge in [0.05, 0.1) is 18.4 Å². The van der Waals surface area contributed by atoms with Crippen LogP contribution in [-0.4, -0.2) is 10.3 Å².